The molecule has 1 unspecified atom stereocenters. The van der Waals surface area contributed by atoms with Gasteiger partial charge in [-0.2, -0.15) is 0 Å². The van der Waals surface area contributed by atoms with E-state index >= 15 is 0 Å². The predicted octanol–water partition coefficient (Wildman–Crippen LogP) is 3.41. The van der Waals surface area contributed by atoms with E-state index in [0.717, 1.165) is 18.1 Å². The molecule has 1 N–H and O–H groups in total. The maximum Gasteiger partial charge on any atom is 0.203 e. The van der Waals surface area contributed by atoms with Gasteiger partial charge in [-0.1, -0.05) is 0 Å². The molecule has 0 bridgehead atoms. The first kappa shape index (κ1) is 12.2. The van der Waals surface area contributed by atoms with Gasteiger partial charge in [0.25, 0.3) is 0 Å². The van der Waals surface area contributed by atoms with Crippen LogP contribution in [-0.2, 0) is 6.42 Å². The fraction of sp³-hybridized carbons (Fsp3) is 0.462. The van der Waals surface area contributed by atoms with E-state index in [1.54, 1.807) is 0 Å². The highest BCUT2D eigenvalue weighted by Gasteiger charge is 2.12. The molecule has 0 aliphatic carbocycles. The van der Waals surface area contributed by atoms with Gasteiger partial charge in [-0.3, -0.25) is 0 Å². The minimum atomic E-state index is 0.427. The number of nitrogens with one attached hydrogen (secondary N) is 1. The van der Waals surface area contributed by atoms with Crippen molar-refractivity contribution in [3.8, 4) is 0 Å². The smallest absolute Gasteiger partial charge is 0.203 e. The van der Waals surface area contributed by atoms with Crippen LogP contribution in [0, 0.1) is 13.8 Å². The van der Waals surface area contributed by atoms with Gasteiger partial charge in [-0.25, -0.2) is 4.98 Å². The van der Waals surface area contributed by atoms with Crippen LogP contribution < -0.4 is 5.32 Å². The molecule has 1 atom stereocenters. The molecule has 0 amide bonds. The molecule has 2 aromatic heterocycles. The Bertz CT molecular complexity index is 498. The van der Waals surface area contributed by atoms with E-state index in [1.165, 1.54) is 9.75 Å². The monoisotopic (exact) mass is 249 g/mol. The molecule has 3 nitrogen and oxygen atoms in total. The number of imidazole rings is 1. The molecule has 0 saturated heterocycles. The predicted molar refractivity (Wildman–Crippen MR) is 74.0 cm³/mol. The summed E-state index contributed by atoms with van der Waals surface area (Å²) in [6, 6.07) is 4.83. The second-order valence-corrected chi connectivity index (χ2v) is 5.80. The van der Waals surface area contributed by atoms with Crippen LogP contribution in [0.1, 0.15) is 28.4 Å². The van der Waals surface area contributed by atoms with Crippen molar-refractivity contribution in [2.45, 2.75) is 33.2 Å². The van der Waals surface area contributed by atoms with Crippen LogP contribution >= 0.6 is 11.3 Å². The van der Waals surface area contributed by atoms with Crippen molar-refractivity contribution in [1.29, 1.82) is 0 Å². The molecule has 92 valence electrons. The van der Waals surface area contributed by atoms with Gasteiger partial charge in [-0.05, 0) is 32.9 Å². The Morgan fingerprint density at radius 1 is 1.41 bits per heavy atom. The average Bonchev–Trinajstić information content (AvgIpc) is 2.84. The Labute approximate surface area is 107 Å². The van der Waals surface area contributed by atoms with Crippen molar-refractivity contribution in [2.24, 2.45) is 0 Å². The van der Waals surface area contributed by atoms with Gasteiger partial charge in [0.2, 0.25) is 5.95 Å². The summed E-state index contributed by atoms with van der Waals surface area (Å²) in [6.45, 7) is 6.41. The summed E-state index contributed by atoms with van der Waals surface area (Å²) in [6.07, 6.45) is 3.17. The Kier molecular flexibility index (Phi) is 3.52. The lowest BCUT2D eigenvalue weighted by Crippen LogP contribution is -2.10. The van der Waals surface area contributed by atoms with E-state index in [4.69, 9.17) is 0 Å². The average molecular weight is 249 g/mol. The fourth-order valence-electron chi connectivity index (χ4n) is 2.02. The first-order valence-corrected chi connectivity index (χ1v) is 6.70. The molecule has 17 heavy (non-hydrogen) atoms. The molecule has 0 fully saturated rings. The van der Waals surface area contributed by atoms with E-state index in [9.17, 15) is 0 Å². The third-order valence-corrected chi connectivity index (χ3v) is 3.87. The van der Waals surface area contributed by atoms with Crippen LogP contribution in [-0.4, -0.2) is 16.6 Å². The zero-order chi connectivity index (χ0) is 12.4. The van der Waals surface area contributed by atoms with Gasteiger partial charge in [0.15, 0.2) is 0 Å². The maximum absolute atomic E-state index is 4.45. The summed E-state index contributed by atoms with van der Waals surface area (Å²) in [5.41, 5.74) is 1.06. The zero-order valence-electron chi connectivity index (χ0n) is 10.8. The van der Waals surface area contributed by atoms with Crippen molar-refractivity contribution in [1.82, 2.24) is 9.55 Å². The summed E-state index contributed by atoms with van der Waals surface area (Å²) in [5, 5.41) is 3.14. The number of nitrogens with zero attached hydrogens (tertiary/aromatic N) is 2. The normalized spacial score (nSPS) is 12.7. The highest BCUT2D eigenvalue weighted by atomic mass is 32.1. The molecule has 0 spiro atoms. The van der Waals surface area contributed by atoms with Gasteiger partial charge in [0.1, 0.15) is 0 Å². The second kappa shape index (κ2) is 4.92. The largest absolute Gasteiger partial charge is 0.359 e. The summed E-state index contributed by atoms with van der Waals surface area (Å²) in [4.78, 5) is 7.26. The number of hydrogen-bond donors (Lipinski definition) is 1. The lowest BCUT2D eigenvalue weighted by Gasteiger charge is -2.15. The molecule has 0 aromatic carbocycles. The third kappa shape index (κ3) is 2.69. The minimum Gasteiger partial charge on any atom is -0.359 e. The lowest BCUT2D eigenvalue weighted by molar-refractivity contribution is 0.554. The zero-order valence-corrected chi connectivity index (χ0v) is 11.6. The molecular formula is C13H19N3S. The van der Waals surface area contributed by atoms with Crippen molar-refractivity contribution in [3.63, 3.8) is 0 Å². The van der Waals surface area contributed by atoms with E-state index in [-0.39, 0.29) is 0 Å². The van der Waals surface area contributed by atoms with Crippen LogP contribution in [0.2, 0.25) is 0 Å². The summed E-state index contributed by atoms with van der Waals surface area (Å²) < 4.78 is 2.21. The molecule has 2 aromatic rings. The summed E-state index contributed by atoms with van der Waals surface area (Å²) >= 11 is 1.88. The van der Waals surface area contributed by atoms with Gasteiger partial charge < -0.3 is 9.88 Å². The number of anilines is 1. The highest BCUT2D eigenvalue weighted by molar-refractivity contribution is 7.11. The second-order valence-electron chi connectivity index (χ2n) is 4.43. The molecule has 0 aliphatic rings. The standard InChI is InChI=1S/C13H19N3S/c1-9-8-16(13(14-4)15-9)10(2)7-12-6-5-11(3)17-12/h5-6,8,10H,7H2,1-4H3,(H,14,15). The van der Waals surface area contributed by atoms with E-state index < -0.39 is 0 Å². The van der Waals surface area contributed by atoms with Crippen molar-refractivity contribution < 1.29 is 0 Å². The number of rotatable bonds is 4. The molecule has 4 heteroatoms. The molecule has 0 aliphatic heterocycles. The Morgan fingerprint density at radius 3 is 2.76 bits per heavy atom. The number of thiophene rings is 1. The van der Waals surface area contributed by atoms with Crippen molar-refractivity contribution in [3.05, 3.63) is 33.8 Å². The van der Waals surface area contributed by atoms with Crippen LogP contribution in [0.3, 0.4) is 0 Å². The third-order valence-electron chi connectivity index (χ3n) is 2.84. The topological polar surface area (TPSA) is 29.9 Å². The molecule has 0 saturated carbocycles. The Balaban J connectivity index is 2.16. The van der Waals surface area contributed by atoms with Crippen LogP contribution in [0.15, 0.2) is 18.3 Å². The minimum absolute atomic E-state index is 0.427. The number of aryl methyl sites for hydroxylation is 2. The van der Waals surface area contributed by atoms with Crippen LogP contribution in [0.5, 0.6) is 0 Å². The fourth-order valence-corrected chi connectivity index (χ4v) is 3.03. The van der Waals surface area contributed by atoms with Gasteiger partial charge >= 0.3 is 0 Å². The lowest BCUT2D eigenvalue weighted by atomic mass is 10.2. The SMILES string of the molecule is CNc1nc(C)cn1C(C)Cc1ccc(C)s1. The molecule has 2 heterocycles. The van der Waals surface area contributed by atoms with E-state index in [2.05, 4.69) is 47.0 Å². The quantitative estimate of drug-likeness (QED) is 0.900. The van der Waals surface area contributed by atoms with Crippen molar-refractivity contribution >= 4 is 17.3 Å². The van der Waals surface area contributed by atoms with Gasteiger partial charge in [-0.15, -0.1) is 11.3 Å². The van der Waals surface area contributed by atoms with Crippen molar-refractivity contribution in [2.75, 3.05) is 12.4 Å². The Hall–Kier alpha value is -1.29. The highest BCUT2D eigenvalue weighted by Crippen LogP contribution is 2.23. The Morgan fingerprint density at radius 2 is 2.18 bits per heavy atom. The van der Waals surface area contributed by atoms with E-state index in [1.807, 2.05) is 25.3 Å². The summed E-state index contributed by atoms with van der Waals surface area (Å²) in [5.74, 6) is 0.947. The van der Waals surface area contributed by atoms with Crippen LogP contribution in [0.25, 0.3) is 0 Å². The first-order valence-electron chi connectivity index (χ1n) is 5.88. The first-order chi connectivity index (χ1) is 8.10. The number of hydrogen-bond acceptors (Lipinski definition) is 3. The maximum atomic E-state index is 4.45. The number of aromatic nitrogens is 2. The van der Waals surface area contributed by atoms with Gasteiger partial charge in [0, 0.05) is 35.5 Å². The van der Waals surface area contributed by atoms with E-state index in [0.29, 0.717) is 6.04 Å². The molecule has 2 rings (SSSR count). The summed E-state index contributed by atoms with van der Waals surface area (Å²) in [7, 11) is 1.92. The molecule has 0 radical (unpaired) electrons. The van der Waals surface area contributed by atoms with Gasteiger partial charge in [0.05, 0.1) is 5.69 Å². The molecular weight excluding hydrogens is 230 g/mol. The van der Waals surface area contributed by atoms with Crippen LogP contribution in [0.4, 0.5) is 5.95 Å².